The van der Waals surface area contributed by atoms with Crippen LogP contribution in [0.1, 0.15) is 30.4 Å². The quantitative estimate of drug-likeness (QED) is 0.600. The van der Waals surface area contributed by atoms with E-state index in [0.717, 1.165) is 22.3 Å². The van der Waals surface area contributed by atoms with Crippen LogP contribution in [-0.2, 0) is 14.3 Å². The predicted octanol–water partition coefficient (Wildman–Crippen LogP) is 3.44. The lowest BCUT2D eigenvalue weighted by Gasteiger charge is -2.23. The van der Waals surface area contributed by atoms with Gasteiger partial charge in [-0.05, 0) is 29.2 Å². The molecule has 0 fully saturated rings. The topological polar surface area (TPSA) is 105 Å². The van der Waals surface area contributed by atoms with Crippen molar-refractivity contribution in [1.29, 1.82) is 0 Å². The molecule has 2 atom stereocenters. The number of hydrogen-bond donors (Lipinski definition) is 3. The second kappa shape index (κ2) is 9.29. The molecule has 0 aliphatic heterocycles. The third-order valence-corrected chi connectivity index (χ3v) is 5.06. The number of hydrogen-bond acceptors (Lipinski definition) is 4. The molecule has 0 heterocycles. The number of alkyl carbamates (subject to hydrolysis) is 1. The van der Waals surface area contributed by atoms with Gasteiger partial charge in [0.15, 0.2) is 0 Å². The Bertz CT molecular complexity index is 979. The number of ether oxygens (including phenoxy) is 1. The van der Waals surface area contributed by atoms with Gasteiger partial charge in [-0.2, -0.15) is 13.2 Å². The van der Waals surface area contributed by atoms with Gasteiger partial charge in [-0.1, -0.05) is 48.5 Å². The largest absolute Gasteiger partial charge is 0.481 e. The first-order chi connectivity index (χ1) is 15.1. The molecule has 3 rings (SSSR count). The fraction of sp³-hybridized carbons (Fsp3) is 0.318. The Morgan fingerprint density at radius 1 is 1.00 bits per heavy atom. The number of aliphatic carboxylic acids is 1. The van der Waals surface area contributed by atoms with E-state index in [4.69, 9.17) is 9.84 Å². The molecule has 0 radical (unpaired) electrons. The maximum atomic E-state index is 13.3. The Morgan fingerprint density at radius 3 is 2.03 bits per heavy atom. The minimum Gasteiger partial charge on any atom is -0.481 e. The Labute approximate surface area is 181 Å². The van der Waals surface area contributed by atoms with Gasteiger partial charge in [-0.3, -0.25) is 9.59 Å². The van der Waals surface area contributed by atoms with E-state index in [1.807, 2.05) is 53.8 Å². The van der Waals surface area contributed by atoms with Crippen molar-refractivity contribution < 1.29 is 37.4 Å². The van der Waals surface area contributed by atoms with E-state index in [2.05, 4.69) is 0 Å². The van der Waals surface area contributed by atoms with Crippen LogP contribution in [0, 0.1) is 0 Å². The van der Waals surface area contributed by atoms with Gasteiger partial charge in [-0.25, -0.2) is 4.79 Å². The molecule has 170 valence electrons. The highest BCUT2D eigenvalue weighted by Gasteiger charge is 2.47. The first-order valence-corrected chi connectivity index (χ1v) is 9.78. The van der Waals surface area contributed by atoms with Crippen LogP contribution in [0.3, 0.4) is 0 Å². The van der Waals surface area contributed by atoms with Crippen LogP contribution in [0.25, 0.3) is 11.1 Å². The molecular weight excluding hydrogens is 429 g/mol. The van der Waals surface area contributed by atoms with Gasteiger partial charge in [0.05, 0.1) is 6.42 Å². The number of benzene rings is 2. The van der Waals surface area contributed by atoms with E-state index in [1.165, 1.54) is 6.92 Å². The van der Waals surface area contributed by atoms with Crippen molar-refractivity contribution in [3.63, 3.8) is 0 Å². The first-order valence-electron chi connectivity index (χ1n) is 9.78. The Hall–Kier alpha value is -3.56. The summed E-state index contributed by atoms with van der Waals surface area (Å²) < 4.78 is 45.1. The molecule has 10 heteroatoms. The second-order valence-corrected chi connectivity index (χ2v) is 7.45. The van der Waals surface area contributed by atoms with Gasteiger partial charge >= 0.3 is 18.2 Å². The van der Waals surface area contributed by atoms with Crippen LogP contribution in [-0.4, -0.2) is 47.9 Å². The van der Waals surface area contributed by atoms with Crippen LogP contribution in [0.4, 0.5) is 18.0 Å². The maximum Gasteiger partial charge on any atom is 0.417 e. The minimum atomic E-state index is -5.10. The van der Waals surface area contributed by atoms with Crippen molar-refractivity contribution in [2.24, 2.45) is 0 Å². The number of fused-ring (bicyclic) bond motifs is 3. The van der Waals surface area contributed by atoms with Crippen molar-refractivity contribution in [3.8, 4) is 11.1 Å². The minimum absolute atomic E-state index is 0.221. The molecule has 0 saturated heterocycles. The van der Waals surface area contributed by atoms with Crippen molar-refractivity contribution in [1.82, 2.24) is 10.6 Å². The van der Waals surface area contributed by atoms with Crippen molar-refractivity contribution in [2.75, 3.05) is 6.61 Å². The summed E-state index contributed by atoms with van der Waals surface area (Å²) in [6, 6.07) is 11.0. The highest BCUT2D eigenvalue weighted by molar-refractivity contribution is 5.87. The number of carboxylic acid groups (broad SMARTS) is 1. The number of nitrogens with one attached hydrogen (secondary N) is 2. The molecule has 1 aliphatic rings. The van der Waals surface area contributed by atoms with Crippen LogP contribution in [0.2, 0.25) is 0 Å². The highest BCUT2D eigenvalue weighted by Crippen LogP contribution is 2.44. The number of carbonyl (C=O) groups is 3. The number of halogens is 3. The van der Waals surface area contributed by atoms with Gasteiger partial charge in [0.1, 0.15) is 6.61 Å². The normalized spacial score (nSPS) is 14.6. The molecule has 0 aromatic heterocycles. The molecule has 2 aromatic carbocycles. The Morgan fingerprint density at radius 2 is 1.53 bits per heavy atom. The summed E-state index contributed by atoms with van der Waals surface area (Å²) in [7, 11) is 0. The molecule has 2 aromatic rings. The summed E-state index contributed by atoms with van der Waals surface area (Å²) in [5, 5.41) is 12.2. The summed E-state index contributed by atoms with van der Waals surface area (Å²) in [4.78, 5) is 34.8. The monoisotopic (exact) mass is 450 g/mol. The van der Waals surface area contributed by atoms with Crippen LogP contribution in [0.5, 0.6) is 0 Å². The molecule has 3 N–H and O–H groups in total. The van der Waals surface area contributed by atoms with Crippen molar-refractivity contribution in [3.05, 3.63) is 59.7 Å². The first kappa shape index (κ1) is 23.1. The summed E-state index contributed by atoms with van der Waals surface area (Å²) >= 11 is 0. The second-order valence-electron chi connectivity index (χ2n) is 7.45. The lowest BCUT2D eigenvalue weighted by Crippen LogP contribution is -2.56. The summed E-state index contributed by atoms with van der Waals surface area (Å²) in [6.45, 7) is 1.02. The number of carbonyl (C=O) groups excluding carboxylic acids is 2. The molecule has 7 nitrogen and oxygen atoms in total. The molecule has 0 saturated carbocycles. The number of alkyl halides is 3. The fourth-order valence-electron chi connectivity index (χ4n) is 3.69. The van der Waals surface area contributed by atoms with E-state index in [-0.39, 0.29) is 12.5 Å². The lowest BCUT2D eigenvalue weighted by atomic mass is 9.98. The average Bonchev–Trinajstić information content (AvgIpc) is 3.02. The van der Waals surface area contributed by atoms with E-state index in [9.17, 15) is 27.6 Å². The van der Waals surface area contributed by atoms with Crippen molar-refractivity contribution >= 4 is 18.0 Å². The predicted molar refractivity (Wildman–Crippen MR) is 108 cm³/mol. The third kappa shape index (κ3) is 5.19. The molecule has 0 spiro atoms. The molecular formula is C22H21F3N2O5. The van der Waals surface area contributed by atoms with Crippen LogP contribution < -0.4 is 10.6 Å². The Kier molecular flexibility index (Phi) is 6.71. The molecule has 1 aliphatic carbocycles. The zero-order valence-electron chi connectivity index (χ0n) is 17.0. The van der Waals surface area contributed by atoms with Gasteiger partial charge in [0, 0.05) is 12.0 Å². The summed E-state index contributed by atoms with van der Waals surface area (Å²) in [5.41, 5.74) is 3.68. The third-order valence-electron chi connectivity index (χ3n) is 5.06. The van der Waals surface area contributed by atoms with Gasteiger partial charge in [-0.15, -0.1) is 0 Å². The molecule has 2 amide bonds. The zero-order valence-corrected chi connectivity index (χ0v) is 17.0. The fourth-order valence-corrected chi connectivity index (χ4v) is 3.69. The highest BCUT2D eigenvalue weighted by atomic mass is 19.4. The summed E-state index contributed by atoms with van der Waals surface area (Å²) in [6.07, 6.45) is -7.07. The van der Waals surface area contributed by atoms with Crippen LogP contribution >= 0.6 is 0 Å². The molecule has 1 unspecified atom stereocenters. The maximum absolute atomic E-state index is 13.3. The van der Waals surface area contributed by atoms with Crippen LogP contribution in [0.15, 0.2) is 48.5 Å². The van der Waals surface area contributed by atoms with E-state index in [1.54, 1.807) is 5.32 Å². The molecule has 0 bridgehead atoms. The molecule has 32 heavy (non-hydrogen) atoms. The Balaban J connectivity index is 1.67. The average molecular weight is 450 g/mol. The summed E-state index contributed by atoms with van der Waals surface area (Å²) in [5.74, 6) is -3.22. The zero-order chi connectivity index (χ0) is 23.5. The smallest absolute Gasteiger partial charge is 0.417 e. The van der Waals surface area contributed by atoms with Crippen molar-refractivity contribution in [2.45, 2.75) is 37.5 Å². The SMILES string of the molecule is C[C@@H](CC(=O)O)NC(=O)C(NC(=O)OCC1c2ccccc2-c2ccccc21)C(F)(F)F. The van der Waals surface area contributed by atoms with E-state index < -0.39 is 42.7 Å². The van der Waals surface area contributed by atoms with Gasteiger partial charge < -0.3 is 20.5 Å². The lowest BCUT2D eigenvalue weighted by molar-refractivity contribution is -0.168. The standard InChI is InChI=1S/C22H21F3N2O5/c1-12(10-18(28)29)26-20(30)19(22(23,24)25)27-21(31)32-11-17-15-8-4-2-6-13(15)14-7-3-5-9-16(14)17/h2-9,12,17,19H,10-11H2,1H3,(H,26,30)(H,27,31)(H,28,29)/t12-,19?/m0/s1. The van der Waals surface area contributed by atoms with Gasteiger partial charge in [0.25, 0.3) is 5.91 Å². The number of amides is 2. The van der Waals surface area contributed by atoms with Gasteiger partial charge in [0.2, 0.25) is 6.04 Å². The van der Waals surface area contributed by atoms with E-state index in [0.29, 0.717) is 0 Å². The number of rotatable bonds is 7. The number of carboxylic acids is 1. The van der Waals surface area contributed by atoms with E-state index >= 15 is 0 Å².